The van der Waals surface area contributed by atoms with Crippen LogP contribution in [0.1, 0.15) is 0 Å². The number of hydrogen-bond acceptors (Lipinski definition) is 2. The predicted molar refractivity (Wildman–Crippen MR) is 15.2 cm³/mol. The van der Waals surface area contributed by atoms with Crippen LogP contribution in [-0.2, 0) is 0 Å². The van der Waals surface area contributed by atoms with Gasteiger partial charge in [0.25, 0.3) is 0 Å². The molecule has 0 aliphatic carbocycles. The van der Waals surface area contributed by atoms with Gasteiger partial charge in [0.2, 0.25) is 0 Å². The summed E-state index contributed by atoms with van der Waals surface area (Å²) < 4.78 is 0. The Morgan fingerprint density at radius 2 is 2.50 bits per heavy atom. The Hall–Kier alpha value is 0.776. The monoisotopic (exact) mass is 107 g/mol. The summed E-state index contributed by atoms with van der Waals surface area (Å²) in [6.45, 7) is 0. The molecule has 1 heterocycles. The third-order valence-corrected chi connectivity index (χ3v) is 0.295. The second kappa shape index (κ2) is 3.95. The number of aromatic nitrogens is 3. The molecule has 26 valence electrons. The topological polar surface area (TPSA) is 41.6 Å². The average Bonchev–Trinajstić information content (AvgIpc) is 1.76. The molecule has 0 unspecified atom stereocenters. The zero-order chi connectivity index (χ0) is 3.54. The summed E-state index contributed by atoms with van der Waals surface area (Å²) >= 11 is 0. The van der Waals surface area contributed by atoms with E-state index in [2.05, 4.69) is 21.6 Å². The second-order valence-corrected chi connectivity index (χ2v) is 0.603. The molecule has 0 radical (unpaired) electrons. The number of nitrogens with zero attached hydrogens (tertiary/aromatic N) is 2. The van der Waals surface area contributed by atoms with E-state index in [0.29, 0.717) is 0 Å². The van der Waals surface area contributed by atoms with E-state index in [1.54, 1.807) is 0 Å². The van der Waals surface area contributed by atoms with Crippen molar-refractivity contribution in [2.45, 2.75) is 0 Å². The van der Waals surface area contributed by atoms with Gasteiger partial charge in [0, 0.05) is 0 Å². The second-order valence-electron chi connectivity index (χ2n) is 0.603. The van der Waals surface area contributed by atoms with Crippen molar-refractivity contribution in [1.29, 1.82) is 0 Å². The maximum Gasteiger partial charge on any atom is 1.00 e. The van der Waals surface area contributed by atoms with Crippen molar-refractivity contribution in [2.24, 2.45) is 0 Å². The van der Waals surface area contributed by atoms with E-state index in [1.807, 2.05) is 0 Å². The third kappa shape index (κ3) is 2.04. The molecule has 1 aromatic heterocycles. The van der Waals surface area contributed by atoms with Gasteiger partial charge in [0.15, 0.2) is 0 Å². The molecule has 1 rings (SSSR count). The van der Waals surface area contributed by atoms with Crippen molar-refractivity contribution in [3.05, 3.63) is 12.4 Å². The Bertz CT molecular complexity index is 65.3. The van der Waals surface area contributed by atoms with E-state index >= 15 is 0 Å². The summed E-state index contributed by atoms with van der Waals surface area (Å²) in [5.41, 5.74) is 0. The molecule has 0 aromatic carbocycles. The standard InChI is InChI=1S/C2H2N3.K/c1-2-4-5-3-1;/h1H,(H,3,4,5);/q-1;+1. The Morgan fingerprint density at radius 1 is 1.67 bits per heavy atom. The van der Waals surface area contributed by atoms with Crippen LogP contribution in [0.4, 0.5) is 0 Å². The number of aromatic amines is 1. The summed E-state index contributed by atoms with van der Waals surface area (Å²) in [5.74, 6) is 0. The summed E-state index contributed by atoms with van der Waals surface area (Å²) in [4.78, 5) is 0. The molecule has 0 bridgehead atoms. The first-order chi connectivity index (χ1) is 2.50. The first kappa shape index (κ1) is 6.78. The van der Waals surface area contributed by atoms with Gasteiger partial charge in [-0.15, -0.1) is 11.4 Å². The van der Waals surface area contributed by atoms with Gasteiger partial charge >= 0.3 is 51.4 Å². The van der Waals surface area contributed by atoms with Crippen LogP contribution in [0, 0.1) is 6.20 Å². The summed E-state index contributed by atoms with van der Waals surface area (Å²) in [5, 5.41) is 9.03. The van der Waals surface area contributed by atoms with E-state index in [-0.39, 0.29) is 51.4 Å². The number of rotatable bonds is 0. The van der Waals surface area contributed by atoms with Crippen molar-refractivity contribution in [3.8, 4) is 0 Å². The maximum atomic E-state index is 3.29. The molecule has 0 aliphatic heterocycles. The summed E-state index contributed by atoms with van der Waals surface area (Å²) in [7, 11) is 0. The molecule has 6 heavy (non-hydrogen) atoms. The van der Waals surface area contributed by atoms with E-state index in [0.717, 1.165) is 0 Å². The molecule has 0 spiro atoms. The fourth-order valence-corrected chi connectivity index (χ4v) is 0.144. The van der Waals surface area contributed by atoms with Crippen LogP contribution in [0.3, 0.4) is 0 Å². The maximum absolute atomic E-state index is 3.29. The van der Waals surface area contributed by atoms with Crippen LogP contribution in [0.5, 0.6) is 0 Å². The van der Waals surface area contributed by atoms with Gasteiger partial charge in [0.1, 0.15) is 0 Å². The van der Waals surface area contributed by atoms with Crippen LogP contribution in [0.2, 0.25) is 0 Å². The SMILES string of the molecule is [K+].[c-]1c[nH]nn1. The molecule has 0 aliphatic rings. The molecule has 0 amide bonds. The van der Waals surface area contributed by atoms with E-state index in [4.69, 9.17) is 0 Å². The van der Waals surface area contributed by atoms with Gasteiger partial charge in [-0.3, -0.25) is 0 Å². The molecule has 0 atom stereocenters. The smallest absolute Gasteiger partial charge is 0.352 e. The summed E-state index contributed by atoms with van der Waals surface area (Å²) in [6.07, 6.45) is 3.97. The van der Waals surface area contributed by atoms with Crippen LogP contribution in [-0.4, -0.2) is 15.4 Å². The van der Waals surface area contributed by atoms with Gasteiger partial charge in [-0.25, -0.2) is 0 Å². The largest absolute Gasteiger partial charge is 1.00 e. The van der Waals surface area contributed by atoms with Gasteiger partial charge in [-0.2, -0.15) is 0 Å². The molecular weight excluding hydrogens is 105 g/mol. The zero-order valence-electron chi connectivity index (χ0n) is 3.47. The minimum Gasteiger partial charge on any atom is -0.352 e. The van der Waals surface area contributed by atoms with E-state index in [9.17, 15) is 0 Å². The fraction of sp³-hybridized carbons (Fsp3) is 0. The molecule has 3 nitrogen and oxygen atoms in total. The minimum atomic E-state index is 0. The van der Waals surface area contributed by atoms with Crippen LogP contribution in [0.25, 0.3) is 0 Å². The van der Waals surface area contributed by atoms with Gasteiger partial charge in [-0.05, 0) is 0 Å². The Balaban J connectivity index is 0.000000250. The van der Waals surface area contributed by atoms with Crippen molar-refractivity contribution in [3.63, 3.8) is 0 Å². The predicted octanol–water partition coefficient (Wildman–Crippen LogP) is -3.39. The Morgan fingerprint density at radius 3 is 2.67 bits per heavy atom. The molecular formula is C2H2KN3. The van der Waals surface area contributed by atoms with Crippen molar-refractivity contribution in [2.75, 3.05) is 0 Å². The van der Waals surface area contributed by atoms with Crippen molar-refractivity contribution in [1.82, 2.24) is 15.4 Å². The third-order valence-electron chi connectivity index (χ3n) is 0.295. The Labute approximate surface area is 77.9 Å². The number of hydrogen-bond donors (Lipinski definition) is 1. The van der Waals surface area contributed by atoms with E-state index < -0.39 is 0 Å². The number of H-pyrrole nitrogens is 1. The number of nitrogens with one attached hydrogen (secondary N) is 1. The molecule has 0 saturated heterocycles. The first-order valence-electron chi connectivity index (χ1n) is 1.22. The first-order valence-corrected chi connectivity index (χ1v) is 1.22. The molecule has 1 N–H and O–H groups in total. The fourth-order valence-electron chi connectivity index (χ4n) is 0.144. The Kier molecular flexibility index (Phi) is 4.46. The molecule has 4 heteroatoms. The van der Waals surface area contributed by atoms with Crippen LogP contribution in [0.15, 0.2) is 6.20 Å². The van der Waals surface area contributed by atoms with E-state index in [1.165, 1.54) is 6.20 Å². The molecule has 0 fully saturated rings. The average molecular weight is 107 g/mol. The van der Waals surface area contributed by atoms with Crippen molar-refractivity contribution < 1.29 is 51.4 Å². The quantitative estimate of drug-likeness (QED) is 0.277. The summed E-state index contributed by atoms with van der Waals surface area (Å²) in [6, 6.07) is 0. The molecule has 1 aromatic rings. The minimum absolute atomic E-state index is 0. The zero-order valence-corrected chi connectivity index (χ0v) is 6.59. The van der Waals surface area contributed by atoms with Crippen molar-refractivity contribution >= 4 is 0 Å². The van der Waals surface area contributed by atoms with Crippen LogP contribution < -0.4 is 51.4 Å². The normalized spacial score (nSPS) is 6.67. The van der Waals surface area contributed by atoms with Gasteiger partial charge in [0.05, 0.1) is 0 Å². The van der Waals surface area contributed by atoms with Gasteiger partial charge in [-0.1, -0.05) is 0 Å². The molecule has 0 saturated carbocycles. The van der Waals surface area contributed by atoms with Gasteiger partial charge < -0.3 is 16.4 Å². The van der Waals surface area contributed by atoms with Crippen LogP contribution >= 0.6 is 0 Å².